The minimum atomic E-state index is -0.292. The lowest BCUT2D eigenvalue weighted by Crippen LogP contribution is -2.40. The molecule has 6 nitrogen and oxygen atoms in total. The molecular formula is C21H27N3O3. The van der Waals surface area contributed by atoms with Crippen LogP contribution in [-0.2, 0) is 0 Å². The van der Waals surface area contributed by atoms with E-state index >= 15 is 0 Å². The molecule has 1 unspecified atom stereocenters. The summed E-state index contributed by atoms with van der Waals surface area (Å²) in [6, 6.07) is 13.6. The minimum Gasteiger partial charge on any atom is -0.497 e. The summed E-state index contributed by atoms with van der Waals surface area (Å²) in [4.78, 5) is 25.2. The van der Waals surface area contributed by atoms with Gasteiger partial charge < -0.3 is 21.1 Å². The molecule has 0 aliphatic rings. The fraction of sp³-hybridized carbons (Fsp3) is 0.333. The first kappa shape index (κ1) is 20.5. The van der Waals surface area contributed by atoms with Gasteiger partial charge in [0.25, 0.3) is 11.8 Å². The van der Waals surface area contributed by atoms with E-state index in [4.69, 9.17) is 10.5 Å². The lowest BCUT2D eigenvalue weighted by Gasteiger charge is -2.18. The molecule has 2 rings (SSSR count). The Balaban J connectivity index is 2.11. The second-order valence-electron chi connectivity index (χ2n) is 6.28. The molecule has 0 aliphatic carbocycles. The van der Waals surface area contributed by atoms with Crippen molar-refractivity contribution in [2.75, 3.05) is 19.0 Å². The number of unbranched alkanes of at least 4 members (excludes halogenated alkanes) is 1. The number of anilines is 1. The molecule has 0 radical (unpaired) electrons. The summed E-state index contributed by atoms with van der Waals surface area (Å²) in [5.74, 6) is 0.137. The van der Waals surface area contributed by atoms with Gasteiger partial charge in [-0.1, -0.05) is 31.9 Å². The van der Waals surface area contributed by atoms with Gasteiger partial charge in [-0.3, -0.25) is 9.59 Å². The van der Waals surface area contributed by atoms with Gasteiger partial charge in [-0.25, -0.2) is 0 Å². The number of nitrogens with two attached hydrogens (primary N) is 1. The first-order chi connectivity index (χ1) is 13.1. The van der Waals surface area contributed by atoms with E-state index in [0.29, 0.717) is 29.1 Å². The Hall–Kier alpha value is -2.86. The van der Waals surface area contributed by atoms with Crippen molar-refractivity contribution in [3.05, 3.63) is 59.7 Å². The van der Waals surface area contributed by atoms with E-state index in [-0.39, 0.29) is 17.9 Å². The Bertz CT molecular complexity index is 760. The molecule has 6 heteroatoms. The molecule has 0 saturated heterocycles. The van der Waals surface area contributed by atoms with Crippen LogP contribution in [0.25, 0.3) is 0 Å². The van der Waals surface area contributed by atoms with Gasteiger partial charge in [0.1, 0.15) is 5.75 Å². The van der Waals surface area contributed by atoms with E-state index in [0.717, 1.165) is 19.3 Å². The van der Waals surface area contributed by atoms with Crippen LogP contribution in [0.3, 0.4) is 0 Å². The molecule has 0 bridgehead atoms. The third kappa shape index (κ3) is 5.82. The molecule has 4 N–H and O–H groups in total. The number of methoxy groups -OCH3 is 1. The largest absolute Gasteiger partial charge is 0.497 e. The smallest absolute Gasteiger partial charge is 0.255 e. The molecule has 1 atom stereocenters. The summed E-state index contributed by atoms with van der Waals surface area (Å²) >= 11 is 0. The van der Waals surface area contributed by atoms with Gasteiger partial charge in [-0.15, -0.1) is 0 Å². The van der Waals surface area contributed by atoms with E-state index in [2.05, 4.69) is 17.6 Å². The second-order valence-corrected chi connectivity index (χ2v) is 6.28. The number of amides is 2. The van der Waals surface area contributed by atoms with Gasteiger partial charge >= 0.3 is 0 Å². The zero-order chi connectivity index (χ0) is 19.6. The summed E-state index contributed by atoms with van der Waals surface area (Å²) in [5, 5.41) is 5.76. The fourth-order valence-corrected chi connectivity index (χ4v) is 2.69. The maximum absolute atomic E-state index is 12.7. The van der Waals surface area contributed by atoms with Gasteiger partial charge in [0.05, 0.1) is 18.4 Å². The molecule has 2 amide bonds. The SMILES string of the molecule is CCCCC(CN)NC(=O)c1ccccc1NC(=O)c1ccc(OC)cc1. The highest BCUT2D eigenvalue weighted by Gasteiger charge is 2.17. The first-order valence-corrected chi connectivity index (χ1v) is 9.14. The molecule has 0 spiro atoms. The number of ether oxygens (including phenoxy) is 1. The van der Waals surface area contributed by atoms with Crippen LogP contribution in [0.2, 0.25) is 0 Å². The Kier molecular flexibility index (Phi) is 7.82. The van der Waals surface area contributed by atoms with Crippen molar-refractivity contribution < 1.29 is 14.3 Å². The van der Waals surface area contributed by atoms with Crippen LogP contribution in [0.5, 0.6) is 5.75 Å². The van der Waals surface area contributed by atoms with Crippen LogP contribution in [0.15, 0.2) is 48.5 Å². The zero-order valence-corrected chi connectivity index (χ0v) is 15.8. The molecule has 144 valence electrons. The maximum atomic E-state index is 12.7. The summed E-state index contributed by atoms with van der Waals surface area (Å²) in [6.07, 6.45) is 2.87. The number of carbonyl (C=O) groups is 2. The van der Waals surface area contributed by atoms with Crippen LogP contribution in [-0.4, -0.2) is 31.5 Å². The number of carbonyl (C=O) groups excluding carboxylic acids is 2. The lowest BCUT2D eigenvalue weighted by atomic mass is 10.1. The van der Waals surface area contributed by atoms with Crippen LogP contribution in [0.1, 0.15) is 46.9 Å². The van der Waals surface area contributed by atoms with E-state index in [1.807, 2.05) is 0 Å². The van der Waals surface area contributed by atoms with Crippen molar-refractivity contribution in [3.8, 4) is 5.75 Å². The Morgan fingerprint density at radius 2 is 1.78 bits per heavy atom. The van der Waals surface area contributed by atoms with Crippen molar-refractivity contribution in [2.45, 2.75) is 32.2 Å². The summed E-state index contributed by atoms with van der Waals surface area (Å²) < 4.78 is 5.10. The van der Waals surface area contributed by atoms with Gasteiger partial charge in [0, 0.05) is 18.2 Å². The first-order valence-electron chi connectivity index (χ1n) is 9.14. The van der Waals surface area contributed by atoms with Crippen LogP contribution in [0.4, 0.5) is 5.69 Å². The van der Waals surface area contributed by atoms with Gasteiger partial charge in [-0.05, 0) is 42.8 Å². The summed E-state index contributed by atoms with van der Waals surface area (Å²) in [6.45, 7) is 2.48. The predicted octanol–water partition coefficient (Wildman–Crippen LogP) is 3.19. The van der Waals surface area contributed by atoms with E-state index < -0.39 is 0 Å². The number of nitrogens with one attached hydrogen (secondary N) is 2. The third-order valence-electron chi connectivity index (χ3n) is 4.30. The molecule has 2 aromatic rings. The van der Waals surface area contributed by atoms with Crippen LogP contribution >= 0.6 is 0 Å². The van der Waals surface area contributed by atoms with Crippen LogP contribution in [0, 0.1) is 0 Å². The van der Waals surface area contributed by atoms with Gasteiger partial charge in [0.15, 0.2) is 0 Å². The van der Waals surface area contributed by atoms with Gasteiger partial charge in [0.2, 0.25) is 0 Å². The predicted molar refractivity (Wildman–Crippen MR) is 107 cm³/mol. The summed E-state index contributed by atoms with van der Waals surface area (Å²) in [7, 11) is 1.57. The average molecular weight is 369 g/mol. The molecular weight excluding hydrogens is 342 g/mol. The van der Waals surface area contributed by atoms with E-state index in [1.165, 1.54) is 0 Å². The van der Waals surface area contributed by atoms with Crippen molar-refractivity contribution in [2.24, 2.45) is 5.73 Å². The van der Waals surface area contributed by atoms with Crippen molar-refractivity contribution in [1.29, 1.82) is 0 Å². The normalized spacial score (nSPS) is 11.5. The average Bonchev–Trinajstić information content (AvgIpc) is 2.71. The molecule has 0 aromatic heterocycles. The second kappa shape index (κ2) is 10.3. The fourth-order valence-electron chi connectivity index (χ4n) is 2.69. The summed E-state index contributed by atoms with van der Waals surface area (Å²) in [5.41, 5.74) is 7.12. The minimum absolute atomic E-state index is 0.0807. The third-order valence-corrected chi connectivity index (χ3v) is 4.30. The number of benzene rings is 2. The van der Waals surface area contributed by atoms with Crippen molar-refractivity contribution in [1.82, 2.24) is 5.32 Å². The van der Waals surface area contributed by atoms with E-state index in [9.17, 15) is 9.59 Å². The number of rotatable bonds is 9. The molecule has 0 aliphatic heterocycles. The molecule has 2 aromatic carbocycles. The van der Waals surface area contributed by atoms with Crippen molar-refractivity contribution in [3.63, 3.8) is 0 Å². The van der Waals surface area contributed by atoms with Crippen molar-refractivity contribution >= 4 is 17.5 Å². The van der Waals surface area contributed by atoms with Crippen LogP contribution < -0.4 is 21.1 Å². The maximum Gasteiger partial charge on any atom is 0.255 e. The molecule has 0 saturated carbocycles. The Morgan fingerprint density at radius 3 is 2.41 bits per heavy atom. The number of hydrogen-bond donors (Lipinski definition) is 3. The monoisotopic (exact) mass is 369 g/mol. The standard InChI is InChI=1S/C21H27N3O3/c1-3-4-7-16(14-22)23-21(26)18-8-5-6-9-19(18)24-20(25)15-10-12-17(27-2)13-11-15/h5-6,8-13,16H,3-4,7,14,22H2,1-2H3,(H,23,26)(H,24,25). The molecule has 0 heterocycles. The molecule has 0 fully saturated rings. The van der Waals surface area contributed by atoms with Gasteiger partial charge in [-0.2, -0.15) is 0 Å². The van der Waals surface area contributed by atoms with E-state index in [1.54, 1.807) is 55.6 Å². The molecule has 27 heavy (non-hydrogen) atoms. The number of hydrogen-bond acceptors (Lipinski definition) is 4. The zero-order valence-electron chi connectivity index (χ0n) is 15.8. The highest BCUT2D eigenvalue weighted by molar-refractivity contribution is 6.09. The Labute approximate surface area is 160 Å². The highest BCUT2D eigenvalue weighted by atomic mass is 16.5. The Morgan fingerprint density at radius 1 is 1.07 bits per heavy atom. The quantitative estimate of drug-likeness (QED) is 0.633. The number of para-hydroxylation sites is 1. The highest BCUT2D eigenvalue weighted by Crippen LogP contribution is 2.18. The lowest BCUT2D eigenvalue weighted by molar-refractivity contribution is 0.0936. The topological polar surface area (TPSA) is 93.5 Å².